The fraction of sp³-hybridized carbons (Fsp3) is 0.222. The summed E-state index contributed by atoms with van der Waals surface area (Å²) in [5, 5.41) is 27.2. The number of anilines is 1. The van der Waals surface area contributed by atoms with E-state index in [1.165, 1.54) is 6.92 Å². The van der Waals surface area contributed by atoms with E-state index in [0.29, 0.717) is 5.69 Å². The first-order valence-corrected chi connectivity index (χ1v) is 8.19. The molecule has 2 rings (SSSR count). The van der Waals surface area contributed by atoms with Gasteiger partial charge in [0.15, 0.2) is 0 Å². The van der Waals surface area contributed by atoms with E-state index >= 15 is 0 Å². The maximum absolute atomic E-state index is 12.3. The van der Waals surface area contributed by atoms with Crippen LogP contribution in [0, 0.1) is 41.0 Å². The zero-order valence-corrected chi connectivity index (χ0v) is 15.4. The average molecular weight is 386 g/mol. The molecule has 0 aliphatic carbocycles. The van der Waals surface area contributed by atoms with Crippen molar-refractivity contribution in [1.29, 1.82) is 0 Å². The molecule has 0 bridgehead atoms. The maximum atomic E-state index is 12.3. The van der Waals surface area contributed by atoms with Gasteiger partial charge in [-0.15, -0.1) is 0 Å². The van der Waals surface area contributed by atoms with Crippen LogP contribution in [0.4, 0.5) is 17.1 Å². The predicted octanol–water partition coefficient (Wildman–Crippen LogP) is 2.80. The Hall–Kier alpha value is -3.82. The molecule has 2 amide bonds. The molecule has 0 aromatic heterocycles. The highest BCUT2D eigenvalue weighted by molar-refractivity contribution is 6.00. The van der Waals surface area contributed by atoms with E-state index in [2.05, 4.69) is 10.6 Å². The van der Waals surface area contributed by atoms with Crippen molar-refractivity contribution < 1.29 is 19.4 Å². The Morgan fingerprint density at radius 2 is 1.46 bits per heavy atom. The van der Waals surface area contributed by atoms with Gasteiger partial charge in [0.05, 0.1) is 22.0 Å². The molecule has 0 aliphatic heterocycles. The first-order chi connectivity index (χ1) is 13.1. The number of nitrogens with one attached hydrogen (secondary N) is 2. The number of benzene rings is 2. The number of carbonyl (C=O) groups is 2. The molecule has 2 aromatic carbocycles. The summed E-state index contributed by atoms with van der Waals surface area (Å²) in [6.45, 7) is 4.48. The van der Waals surface area contributed by atoms with Crippen molar-refractivity contribution in [1.82, 2.24) is 5.32 Å². The molecule has 0 saturated heterocycles. The van der Waals surface area contributed by atoms with Crippen LogP contribution in [0.5, 0.6) is 0 Å². The van der Waals surface area contributed by atoms with Gasteiger partial charge < -0.3 is 10.6 Å². The Balaban J connectivity index is 2.16. The van der Waals surface area contributed by atoms with Gasteiger partial charge in [0.25, 0.3) is 17.3 Å². The molecule has 0 spiro atoms. The van der Waals surface area contributed by atoms with Crippen LogP contribution in [0.2, 0.25) is 0 Å². The quantitative estimate of drug-likeness (QED) is 0.577. The van der Waals surface area contributed by atoms with Gasteiger partial charge in [0.2, 0.25) is 5.91 Å². The Labute approximate surface area is 159 Å². The van der Waals surface area contributed by atoms with Crippen LogP contribution in [-0.2, 0) is 4.79 Å². The van der Waals surface area contributed by atoms with Crippen molar-refractivity contribution in [2.24, 2.45) is 0 Å². The molecular weight excluding hydrogens is 368 g/mol. The van der Waals surface area contributed by atoms with Gasteiger partial charge in [-0.2, -0.15) is 0 Å². The molecule has 146 valence electrons. The number of nitro benzene ring substituents is 2. The van der Waals surface area contributed by atoms with Gasteiger partial charge in [-0.25, -0.2) is 0 Å². The van der Waals surface area contributed by atoms with E-state index in [1.807, 2.05) is 32.0 Å². The number of rotatable bonds is 6. The average Bonchev–Trinajstić information content (AvgIpc) is 2.62. The predicted molar refractivity (Wildman–Crippen MR) is 101 cm³/mol. The number of hydrogen-bond donors (Lipinski definition) is 2. The first-order valence-electron chi connectivity index (χ1n) is 8.19. The van der Waals surface area contributed by atoms with Crippen LogP contribution in [0.3, 0.4) is 0 Å². The number of nitrogens with zero attached hydrogens (tertiary/aromatic N) is 2. The van der Waals surface area contributed by atoms with E-state index in [-0.39, 0.29) is 11.1 Å². The fourth-order valence-electron chi connectivity index (χ4n) is 2.65. The Morgan fingerprint density at radius 3 is 1.93 bits per heavy atom. The lowest BCUT2D eigenvalue weighted by atomic mass is 10.1. The molecule has 0 radical (unpaired) electrons. The van der Waals surface area contributed by atoms with Crippen molar-refractivity contribution in [3.05, 3.63) is 72.8 Å². The largest absolute Gasteiger partial charge is 0.343 e. The summed E-state index contributed by atoms with van der Waals surface area (Å²) in [4.78, 5) is 45.0. The molecule has 28 heavy (non-hydrogen) atoms. The highest BCUT2D eigenvalue weighted by Crippen LogP contribution is 2.29. The summed E-state index contributed by atoms with van der Waals surface area (Å²) in [6.07, 6.45) is 0. The lowest BCUT2D eigenvalue weighted by Gasteiger charge is -2.12. The van der Waals surface area contributed by atoms with Crippen LogP contribution >= 0.6 is 0 Å². The van der Waals surface area contributed by atoms with Crippen molar-refractivity contribution in [3.63, 3.8) is 0 Å². The summed E-state index contributed by atoms with van der Waals surface area (Å²) < 4.78 is 0. The SMILES string of the molecule is Cc1cccc(C)c1NC(=O)CNC(=O)c1cc([N+](=O)[O-])c(C)c([N+](=O)[O-])c1. The number of carbonyl (C=O) groups excluding carboxylic acids is 2. The third-order valence-electron chi connectivity index (χ3n) is 4.16. The highest BCUT2D eigenvalue weighted by Gasteiger charge is 2.25. The molecule has 0 unspecified atom stereocenters. The van der Waals surface area contributed by atoms with Gasteiger partial charge in [-0.3, -0.25) is 29.8 Å². The number of aryl methyl sites for hydroxylation is 2. The molecule has 0 heterocycles. The second-order valence-corrected chi connectivity index (χ2v) is 6.15. The summed E-state index contributed by atoms with van der Waals surface area (Å²) in [7, 11) is 0. The first kappa shape index (κ1) is 20.5. The van der Waals surface area contributed by atoms with E-state index < -0.39 is 39.6 Å². The normalized spacial score (nSPS) is 10.2. The van der Waals surface area contributed by atoms with Crippen LogP contribution in [0.25, 0.3) is 0 Å². The van der Waals surface area contributed by atoms with Gasteiger partial charge in [0.1, 0.15) is 5.56 Å². The monoisotopic (exact) mass is 386 g/mol. The number of para-hydroxylation sites is 1. The zero-order valence-electron chi connectivity index (χ0n) is 15.4. The van der Waals surface area contributed by atoms with Crippen LogP contribution < -0.4 is 10.6 Å². The number of amides is 2. The minimum Gasteiger partial charge on any atom is -0.343 e. The van der Waals surface area contributed by atoms with Gasteiger partial charge in [-0.05, 0) is 31.9 Å². The molecule has 10 heteroatoms. The Morgan fingerprint density at radius 1 is 0.964 bits per heavy atom. The minimum atomic E-state index is -0.831. The third kappa shape index (κ3) is 4.47. The second-order valence-electron chi connectivity index (χ2n) is 6.15. The Kier molecular flexibility index (Phi) is 6.04. The van der Waals surface area contributed by atoms with Crippen LogP contribution in [-0.4, -0.2) is 28.2 Å². The van der Waals surface area contributed by atoms with Crippen LogP contribution in [0.15, 0.2) is 30.3 Å². The summed E-state index contributed by atoms with van der Waals surface area (Å²) in [5.74, 6) is -1.33. The van der Waals surface area contributed by atoms with Crippen molar-refractivity contribution in [2.75, 3.05) is 11.9 Å². The summed E-state index contributed by atoms with van der Waals surface area (Å²) in [5.41, 5.74) is 0.819. The number of hydrogen-bond acceptors (Lipinski definition) is 6. The lowest BCUT2D eigenvalue weighted by Crippen LogP contribution is -2.33. The molecular formula is C18H18N4O6. The van der Waals surface area contributed by atoms with E-state index in [9.17, 15) is 29.8 Å². The Bertz CT molecular complexity index is 931. The number of nitro groups is 2. The summed E-state index contributed by atoms with van der Waals surface area (Å²) >= 11 is 0. The van der Waals surface area contributed by atoms with E-state index in [0.717, 1.165) is 23.3 Å². The van der Waals surface area contributed by atoms with E-state index in [1.54, 1.807) is 0 Å². The fourth-order valence-corrected chi connectivity index (χ4v) is 2.65. The van der Waals surface area contributed by atoms with Crippen molar-refractivity contribution >= 4 is 28.9 Å². The van der Waals surface area contributed by atoms with Gasteiger partial charge in [0, 0.05) is 17.8 Å². The van der Waals surface area contributed by atoms with E-state index in [4.69, 9.17) is 0 Å². The lowest BCUT2D eigenvalue weighted by molar-refractivity contribution is -0.395. The standard InChI is InChI=1S/C18H18N4O6/c1-10-5-4-6-11(2)17(10)20-16(23)9-19-18(24)13-7-14(21(25)26)12(3)15(8-13)22(27)28/h4-8H,9H2,1-3H3,(H,19,24)(H,20,23). The highest BCUT2D eigenvalue weighted by atomic mass is 16.6. The molecule has 2 aromatic rings. The van der Waals surface area contributed by atoms with Crippen LogP contribution in [0.1, 0.15) is 27.0 Å². The van der Waals surface area contributed by atoms with Gasteiger partial charge in [-0.1, -0.05) is 18.2 Å². The maximum Gasteiger partial charge on any atom is 0.279 e. The molecule has 0 aliphatic rings. The summed E-state index contributed by atoms with van der Waals surface area (Å²) in [6, 6.07) is 7.39. The van der Waals surface area contributed by atoms with Gasteiger partial charge >= 0.3 is 0 Å². The molecule has 0 atom stereocenters. The molecule has 10 nitrogen and oxygen atoms in total. The van der Waals surface area contributed by atoms with Crippen molar-refractivity contribution in [2.45, 2.75) is 20.8 Å². The molecule has 0 fully saturated rings. The molecule has 2 N–H and O–H groups in total. The third-order valence-corrected chi connectivity index (χ3v) is 4.16. The second kappa shape index (κ2) is 8.25. The zero-order chi connectivity index (χ0) is 21.0. The minimum absolute atomic E-state index is 0.153. The topological polar surface area (TPSA) is 144 Å². The smallest absolute Gasteiger partial charge is 0.279 e. The molecule has 0 saturated carbocycles. The van der Waals surface area contributed by atoms with Crippen molar-refractivity contribution in [3.8, 4) is 0 Å².